The van der Waals surface area contributed by atoms with E-state index in [2.05, 4.69) is 0 Å². The third-order valence-corrected chi connectivity index (χ3v) is 2.42. The van der Waals surface area contributed by atoms with E-state index in [1.165, 1.54) is 18.1 Å². The Morgan fingerprint density at radius 2 is 2.21 bits per heavy atom. The summed E-state index contributed by atoms with van der Waals surface area (Å²) in [5.41, 5.74) is 0.643. The fourth-order valence-electron chi connectivity index (χ4n) is 1.52. The van der Waals surface area contributed by atoms with Crippen molar-refractivity contribution in [3.63, 3.8) is 0 Å². The van der Waals surface area contributed by atoms with Gasteiger partial charge in [0.15, 0.2) is 0 Å². The van der Waals surface area contributed by atoms with Crippen LogP contribution in [-0.2, 0) is 9.53 Å². The van der Waals surface area contributed by atoms with E-state index in [9.17, 15) is 9.59 Å². The highest BCUT2D eigenvalue weighted by atomic mass is 16.5. The molecule has 19 heavy (non-hydrogen) atoms. The number of amides is 1. The minimum Gasteiger partial charge on any atom is -0.480 e. The molecule has 1 aromatic carbocycles. The van der Waals surface area contributed by atoms with E-state index in [1.807, 2.05) is 6.07 Å². The first-order chi connectivity index (χ1) is 9.08. The lowest BCUT2D eigenvalue weighted by atomic mass is 10.1. The lowest BCUT2D eigenvalue weighted by molar-refractivity contribution is -0.137. The lowest BCUT2D eigenvalue weighted by Crippen LogP contribution is -2.38. The summed E-state index contributed by atoms with van der Waals surface area (Å²) in [7, 11) is 1.47. The minimum absolute atomic E-state index is 0.179. The van der Waals surface area contributed by atoms with Crippen LogP contribution in [0, 0.1) is 11.3 Å². The summed E-state index contributed by atoms with van der Waals surface area (Å²) >= 11 is 0. The molecule has 0 spiro atoms. The van der Waals surface area contributed by atoms with E-state index in [4.69, 9.17) is 15.1 Å². The number of methoxy groups -OCH3 is 1. The summed E-state index contributed by atoms with van der Waals surface area (Å²) in [5, 5.41) is 17.6. The second kappa shape index (κ2) is 7.13. The summed E-state index contributed by atoms with van der Waals surface area (Å²) in [6.45, 7) is 0.0222. The van der Waals surface area contributed by atoms with Crippen LogP contribution in [0.4, 0.5) is 0 Å². The highest BCUT2D eigenvalue weighted by Gasteiger charge is 2.18. The maximum Gasteiger partial charge on any atom is 0.323 e. The molecule has 0 aromatic heterocycles. The Hall–Kier alpha value is -2.39. The molecule has 100 valence electrons. The Morgan fingerprint density at radius 3 is 2.79 bits per heavy atom. The topological polar surface area (TPSA) is 90.6 Å². The molecular weight excluding hydrogens is 248 g/mol. The van der Waals surface area contributed by atoms with Crippen LogP contribution < -0.4 is 0 Å². The second-order valence-electron chi connectivity index (χ2n) is 3.81. The largest absolute Gasteiger partial charge is 0.480 e. The smallest absolute Gasteiger partial charge is 0.323 e. The van der Waals surface area contributed by atoms with E-state index >= 15 is 0 Å². The van der Waals surface area contributed by atoms with Gasteiger partial charge in [-0.05, 0) is 18.2 Å². The van der Waals surface area contributed by atoms with Crippen LogP contribution in [0.5, 0.6) is 0 Å². The number of nitriles is 1. The number of carboxylic acids is 1. The zero-order valence-corrected chi connectivity index (χ0v) is 10.5. The number of hydrogen-bond acceptors (Lipinski definition) is 4. The maximum absolute atomic E-state index is 12.2. The zero-order valence-electron chi connectivity index (χ0n) is 10.5. The quantitative estimate of drug-likeness (QED) is 0.816. The predicted molar refractivity (Wildman–Crippen MR) is 66.6 cm³/mol. The first-order valence-electron chi connectivity index (χ1n) is 5.58. The number of nitrogens with zero attached hydrogens (tertiary/aromatic N) is 2. The maximum atomic E-state index is 12.2. The van der Waals surface area contributed by atoms with Gasteiger partial charge in [0.1, 0.15) is 6.54 Å². The summed E-state index contributed by atoms with van der Waals surface area (Å²) < 4.78 is 4.85. The summed E-state index contributed by atoms with van der Waals surface area (Å²) in [6, 6.07) is 8.08. The summed E-state index contributed by atoms with van der Waals surface area (Å²) in [4.78, 5) is 24.1. The monoisotopic (exact) mass is 262 g/mol. The molecule has 0 saturated carbocycles. The number of benzene rings is 1. The fraction of sp³-hybridized carbons (Fsp3) is 0.308. The third-order valence-electron chi connectivity index (χ3n) is 2.42. The van der Waals surface area contributed by atoms with Gasteiger partial charge in [-0.1, -0.05) is 6.07 Å². The Kier molecular flexibility index (Phi) is 5.51. The van der Waals surface area contributed by atoms with Crippen LogP contribution in [0.25, 0.3) is 0 Å². The molecule has 0 fully saturated rings. The molecule has 0 heterocycles. The van der Waals surface area contributed by atoms with Gasteiger partial charge in [-0.2, -0.15) is 5.26 Å². The van der Waals surface area contributed by atoms with Crippen molar-refractivity contribution in [3.8, 4) is 6.07 Å². The average molecular weight is 262 g/mol. The van der Waals surface area contributed by atoms with Crippen LogP contribution in [0.15, 0.2) is 24.3 Å². The Bertz CT molecular complexity index is 508. The van der Waals surface area contributed by atoms with Crippen molar-refractivity contribution in [1.29, 1.82) is 5.26 Å². The van der Waals surface area contributed by atoms with Gasteiger partial charge in [0.25, 0.3) is 5.91 Å². The van der Waals surface area contributed by atoms with Crippen molar-refractivity contribution >= 4 is 11.9 Å². The number of carbonyl (C=O) groups excluding carboxylic acids is 1. The van der Waals surface area contributed by atoms with Crippen molar-refractivity contribution in [2.45, 2.75) is 0 Å². The van der Waals surface area contributed by atoms with Crippen LogP contribution in [0.3, 0.4) is 0 Å². The van der Waals surface area contributed by atoms with Gasteiger partial charge in [-0.3, -0.25) is 9.59 Å². The van der Waals surface area contributed by atoms with Crippen LogP contribution in [-0.4, -0.2) is 48.7 Å². The number of rotatable bonds is 6. The van der Waals surface area contributed by atoms with Gasteiger partial charge in [0.2, 0.25) is 0 Å². The molecule has 0 radical (unpaired) electrons. The molecule has 0 aliphatic rings. The molecule has 1 aromatic rings. The van der Waals surface area contributed by atoms with Crippen molar-refractivity contribution in [1.82, 2.24) is 4.90 Å². The molecule has 6 nitrogen and oxygen atoms in total. The van der Waals surface area contributed by atoms with E-state index < -0.39 is 18.4 Å². The molecule has 0 aliphatic heterocycles. The van der Waals surface area contributed by atoms with Crippen LogP contribution in [0.2, 0.25) is 0 Å². The predicted octanol–water partition coefficient (Wildman–Crippen LogP) is 0.731. The Labute approximate surface area is 110 Å². The van der Waals surface area contributed by atoms with Gasteiger partial charge in [0, 0.05) is 19.2 Å². The highest BCUT2D eigenvalue weighted by molar-refractivity contribution is 5.96. The van der Waals surface area contributed by atoms with Crippen molar-refractivity contribution in [2.24, 2.45) is 0 Å². The van der Waals surface area contributed by atoms with Crippen molar-refractivity contribution in [2.75, 3.05) is 26.8 Å². The second-order valence-corrected chi connectivity index (χ2v) is 3.81. The number of carbonyl (C=O) groups is 2. The molecule has 1 amide bonds. The Balaban J connectivity index is 2.90. The van der Waals surface area contributed by atoms with E-state index in [-0.39, 0.29) is 18.7 Å². The van der Waals surface area contributed by atoms with Crippen LogP contribution >= 0.6 is 0 Å². The number of aliphatic carboxylic acids is 1. The molecule has 6 heteroatoms. The molecule has 0 saturated heterocycles. The SMILES string of the molecule is COCCN(CC(=O)O)C(=O)c1cccc(C#N)c1. The van der Waals surface area contributed by atoms with Gasteiger partial charge in [0.05, 0.1) is 18.2 Å². The lowest BCUT2D eigenvalue weighted by Gasteiger charge is -2.20. The molecule has 0 atom stereocenters. The van der Waals surface area contributed by atoms with Crippen molar-refractivity contribution in [3.05, 3.63) is 35.4 Å². The molecule has 0 aliphatic carbocycles. The van der Waals surface area contributed by atoms with Crippen molar-refractivity contribution < 1.29 is 19.4 Å². The molecule has 1 rings (SSSR count). The first kappa shape index (κ1) is 14.7. The van der Waals surface area contributed by atoms with E-state index in [0.29, 0.717) is 5.56 Å². The molecule has 1 N–H and O–H groups in total. The van der Waals surface area contributed by atoms with Gasteiger partial charge >= 0.3 is 5.97 Å². The van der Waals surface area contributed by atoms with Gasteiger partial charge in [-0.25, -0.2) is 0 Å². The number of carboxylic acid groups (broad SMARTS) is 1. The number of hydrogen-bond donors (Lipinski definition) is 1. The molecular formula is C13H14N2O4. The third kappa shape index (κ3) is 4.41. The minimum atomic E-state index is -1.10. The normalized spacial score (nSPS) is 9.68. The van der Waals surface area contributed by atoms with Crippen LogP contribution in [0.1, 0.15) is 15.9 Å². The fourth-order valence-corrected chi connectivity index (χ4v) is 1.52. The van der Waals surface area contributed by atoms with Gasteiger partial charge in [-0.15, -0.1) is 0 Å². The number of ether oxygens (including phenoxy) is 1. The summed E-state index contributed by atoms with van der Waals surface area (Å²) in [6.07, 6.45) is 0. The summed E-state index contributed by atoms with van der Waals surface area (Å²) in [5.74, 6) is -1.53. The average Bonchev–Trinajstić information content (AvgIpc) is 2.42. The highest BCUT2D eigenvalue weighted by Crippen LogP contribution is 2.08. The first-order valence-corrected chi connectivity index (χ1v) is 5.58. The Morgan fingerprint density at radius 1 is 1.47 bits per heavy atom. The van der Waals surface area contributed by atoms with E-state index in [0.717, 1.165) is 0 Å². The van der Waals surface area contributed by atoms with E-state index in [1.54, 1.807) is 18.2 Å². The standard InChI is InChI=1S/C13H14N2O4/c1-19-6-5-15(9-12(16)17)13(18)11-4-2-3-10(7-11)8-14/h2-4,7H,5-6,9H2,1H3,(H,16,17). The zero-order chi connectivity index (χ0) is 14.3. The molecule has 0 bridgehead atoms. The van der Waals surface area contributed by atoms with Gasteiger partial charge < -0.3 is 14.7 Å². The molecule has 0 unspecified atom stereocenters.